The Balaban J connectivity index is 2.65. The Morgan fingerprint density at radius 1 is 1.50 bits per heavy atom. The highest BCUT2D eigenvalue weighted by Gasteiger charge is 1.81. The normalized spacial score (nSPS) is 8.50. The molecule has 0 aromatic carbocycles. The van der Waals surface area contributed by atoms with Gasteiger partial charge in [0.05, 0.1) is 19.1 Å². The van der Waals surface area contributed by atoms with Crippen LogP contribution in [0, 0.1) is 11.3 Å². The van der Waals surface area contributed by atoms with Crippen LogP contribution in [0.3, 0.4) is 0 Å². The van der Waals surface area contributed by atoms with Gasteiger partial charge in [0.15, 0.2) is 0 Å². The average molecular weight is 113 g/mol. The van der Waals surface area contributed by atoms with Crippen LogP contribution in [-0.4, -0.2) is 13.2 Å². The summed E-state index contributed by atoms with van der Waals surface area (Å²) in [6, 6.07) is 2.00. The predicted molar refractivity (Wildman–Crippen MR) is 31.3 cm³/mol. The second-order valence-corrected chi connectivity index (χ2v) is 1.52. The zero-order valence-corrected chi connectivity index (χ0v) is 5.18. The molecule has 0 saturated carbocycles. The summed E-state index contributed by atoms with van der Waals surface area (Å²) in [6.45, 7) is 3.42. The van der Waals surface area contributed by atoms with Crippen molar-refractivity contribution in [2.75, 3.05) is 13.2 Å². The standard InChI is InChI=1S/C6H11NO/c1-2-5-8-6-3-4-7/h2-3,5-6H2,1H3. The quantitative estimate of drug-likeness (QED) is 0.515. The van der Waals surface area contributed by atoms with Gasteiger partial charge in [-0.2, -0.15) is 5.26 Å². The second kappa shape index (κ2) is 6.45. The van der Waals surface area contributed by atoms with Crippen molar-refractivity contribution in [1.29, 1.82) is 5.26 Å². The summed E-state index contributed by atoms with van der Waals surface area (Å²) in [7, 11) is 0. The fourth-order valence-electron chi connectivity index (χ4n) is 0.364. The van der Waals surface area contributed by atoms with Gasteiger partial charge in [0.25, 0.3) is 0 Å². The van der Waals surface area contributed by atoms with E-state index in [0.717, 1.165) is 13.0 Å². The van der Waals surface area contributed by atoms with Gasteiger partial charge in [-0.3, -0.25) is 0 Å². The molecule has 0 amide bonds. The first-order chi connectivity index (χ1) is 3.91. The third kappa shape index (κ3) is 5.45. The Morgan fingerprint density at radius 2 is 2.25 bits per heavy atom. The first-order valence-corrected chi connectivity index (χ1v) is 2.86. The van der Waals surface area contributed by atoms with Crippen molar-refractivity contribution in [1.82, 2.24) is 0 Å². The Bertz CT molecular complexity index is 75.1. The fourth-order valence-corrected chi connectivity index (χ4v) is 0.364. The van der Waals surface area contributed by atoms with Crippen LogP contribution >= 0.6 is 0 Å². The molecule has 0 bridgehead atoms. The van der Waals surface area contributed by atoms with Gasteiger partial charge in [0.2, 0.25) is 0 Å². The smallest absolute Gasteiger partial charge is 0.0645 e. The van der Waals surface area contributed by atoms with E-state index in [1.165, 1.54) is 0 Å². The number of hydrogen-bond donors (Lipinski definition) is 0. The molecule has 0 N–H and O–H groups in total. The number of ether oxygens (including phenoxy) is 1. The van der Waals surface area contributed by atoms with Crippen LogP contribution in [0.1, 0.15) is 19.8 Å². The molecule has 2 heteroatoms. The molecule has 0 aromatic heterocycles. The number of nitrogens with zero attached hydrogens (tertiary/aromatic N) is 1. The maximum atomic E-state index is 8.04. The first-order valence-electron chi connectivity index (χ1n) is 2.86. The van der Waals surface area contributed by atoms with Gasteiger partial charge in [-0.1, -0.05) is 6.92 Å². The maximum absolute atomic E-state index is 8.04. The molecule has 0 rings (SSSR count). The number of nitriles is 1. The molecule has 0 spiro atoms. The van der Waals surface area contributed by atoms with Crippen LogP contribution < -0.4 is 0 Å². The fraction of sp³-hybridized carbons (Fsp3) is 0.833. The lowest BCUT2D eigenvalue weighted by molar-refractivity contribution is 0.140. The topological polar surface area (TPSA) is 33.0 Å². The minimum absolute atomic E-state index is 0.514. The first kappa shape index (κ1) is 7.45. The van der Waals surface area contributed by atoms with Crippen LogP contribution in [0.2, 0.25) is 0 Å². The molecule has 0 saturated heterocycles. The van der Waals surface area contributed by atoms with E-state index in [0.29, 0.717) is 13.0 Å². The molecule has 46 valence electrons. The number of rotatable bonds is 4. The van der Waals surface area contributed by atoms with Gasteiger partial charge in [0, 0.05) is 6.61 Å². The van der Waals surface area contributed by atoms with Gasteiger partial charge in [-0.25, -0.2) is 0 Å². The lowest BCUT2D eigenvalue weighted by atomic mass is 10.5. The SMILES string of the molecule is CCCOCCC#N. The molecule has 0 radical (unpaired) electrons. The Labute approximate surface area is 50.1 Å². The van der Waals surface area contributed by atoms with E-state index in [1.54, 1.807) is 0 Å². The van der Waals surface area contributed by atoms with Crippen molar-refractivity contribution in [3.63, 3.8) is 0 Å². The van der Waals surface area contributed by atoms with Crippen molar-refractivity contribution in [2.45, 2.75) is 19.8 Å². The van der Waals surface area contributed by atoms with Gasteiger partial charge in [-0.15, -0.1) is 0 Å². The molecule has 0 heterocycles. The molecule has 0 fully saturated rings. The zero-order valence-electron chi connectivity index (χ0n) is 5.18. The van der Waals surface area contributed by atoms with Gasteiger partial charge < -0.3 is 4.74 Å². The van der Waals surface area contributed by atoms with Gasteiger partial charge in [-0.05, 0) is 6.42 Å². The van der Waals surface area contributed by atoms with E-state index < -0.39 is 0 Å². The lowest BCUT2D eigenvalue weighted by Crippen LogP contribution is -1.93. The molecule has 0 atom stereocenters. The Kier molecular flexibility index (Phi) is 6.01. The summed E-state index contributed by atoms with van der Waals surface area (Å²) in [4.78, 5) is 0. The minimum atomic E-state index is 0.514. The van der Waals surface area contributed by atoms with E-state index in [-0.39, 0.29) is 0 Å². The zero-order chi connectivity index (χ0) is 6.24. The van der Waals surface area contributed by atoms with E-state index in [1.807, 2.05) is 13.0 Å². The van der Waals surface area contributed by atoms with Crippen molar-refractivity contribution < 1.29 is 4.74 Å². The summed E-state index contributed by atoms with van der Waals surface area (Å²) in [6.07, 6.45) is 1.55. The van der Waals surface area contributed by atoms with Crippen LogP contribution in [0.5, 0.6) is 0 Å². The van der Waals surface area contributed by atoms with Gasteiger partial charge >= 0.3 is 0 Å². The molecule has 0 aliphatic heterocycles. The van der Waals surface area contributed by atoms with Crippen LogP contribution in [0.4, 0.5) is 0 Å². The third-order valence-electron chi connectivity index (χ3n) is 0.707. The summed E-state index contributed by atoms with van der Waals surface area (Å²) < 4.78 is 5.00. The second-order valence-electron chi connectivity index (χ2n) is 1.52. The van der Waals surface area contributed by atoms with Crippen LogP contribution in [0.15, 0.2) is 0 Å². The molecule has 8 heavy (non-hydrogen) atoms. The molecular weight excluding hydrogens is 102 g/mol. The molecule has 0 aliphatic carbocycles. The van der Waals surface area contributed by atoms with Crippen LogP contribution in [-0.2, 0) is 4.74 Å². The predicted octanol–water partition coefficient (Wildman–Crippen LogP) is 1.33. The largest absolute Gasteiger partial charge is 0.380 e. The summed E-state index contributed by atoms with van der Waals surface area (Å²) in [5.41, 5.74) is 0. The summed E-state index contributed by atoms with van der Waals surface area (Å²) in [5.74, 6) is 0. The van der Waals surface area contributed by atoms with E-state index >= 15 is 0 Å². The molecule has 0 aliphatic rings. The Morgan fingerprint density at radius 3 is 2.75 bits per heavy atom. The Hall–Kier alpha value is -0.550. The van der Waals surface area contributed by atoms with E-state index in [4.69, 9.17) is 10.00 Å². The van der Waals surface area contributed by atoms with Crippen molar-refractivity contribution in [3.8, 4) is 6.07 Å². The highest BCUT2D eigenvalue weighted by molar-refractivity contribution is 4.66. The highest BCUT2D eigenvalue weighted by atomic mass is 16.5. The molecular formula is C6H11NO. The molecule has 0 aromatic rings. The highest BCUT2D eigenvalue weighted by Crippen LogP contribution is 1.81. The number of hydrogen-bond acceptors (Lipinski definition) is 2. The average Bonchev–Trinajstić information content (AvgIpc) is 1.81. The van der Waals surface area contributed by atoms with Crippen molar-refractivity contribution in [3.05, 3.63) is 0 Å². The van der Waals surface area contributed by atoms with Crippen LogP contribution in [0.25, 0.3) is 0 Å². The lowest BCUT2D eigenvalue weighted by Gasteiger charge is -1.94. The van der Waals surface area contributed by atoms with Crippen molar-refractivity contribution in [2.24, 2.45) is 0 Å². The van der Waals surface area contributed by atoms with E-state index in [9.17, 15) is 0 Å². The summed E-state index contributed by atoms with van der Waals surface area (Å²) in [5, 5.41) is 8.04. The maximum Gasteiger partial charge on any atom is 0.0645 e. The third-order valence-corrected chi connectivity index (χ3v) is 0.707. The minimum Gasteiger partial charge on any atom is -0.380 e. The van der Waals surface area contributed by atoms with Crippen molar-refractivity contribution >= 4 is 0 Å². The van der Waals surface area contributed by atoms with Gasteiger partial charge in [0.1, 0.15) is 0 Å². The molecule has 2 nitrogen and oxygen atoms in total. The summed E-state index contributed by atoms with van der Waals surface area (Å²) >= 11 is 0. The monoisotopic (exact) mass is 113 g/mol. The molecule has 0 unspecified atom stereocenters. The van der Waals surface area contributed by atoms with E-state index in [2.05, 4.69) is 0 Å².